The molecule has 1 aromatic heterocycles. The summed E-state index contributed by atoms with van der Waals surface area (Å²) in [4.78, 5) is 24.6. The average Bonchev–Trinajstić information content (AvgIpc) is 3.00. The van der Waals surface area contributed by atoms with Gasteiger partial charge in [-0.25, -0.2) is 9.97 Å². The van der Waals surface area contributed by atoms with E-state index >= 15 is 0 Å². The van der Waals surface area contributed by atoms with Crippen molar-refractivity contribution in [1.29, 1.82) is 0 Å². The summed E-state index contributed by atoms with van der Waals surface area (Å²) in [6, 6.07) is 1.81. The number of anilines is 1. The molecule has 0 aliphatic carbocycles. The predicted octanol–water partition coefficient (Wildman–Crippen LogP) is 0.566. The molecule has 2 fully saturated rings. The monoisotopic (exact) mass is 274 g/mol. The zero-order valence-corrected chi connectivity index (χ0v) is 11.5. The van der Waals surface area contributed by atoms with Crippen molar-refractivity contribution >= 4 is 11.7 Å². The third-order valence-corrected chi connectivity index (χ3v) is 4.03. The number of hydrogen-bond donors (Lipinski definition) is 0. The summed E-state index contributed by atoms with van der Waals surface area (Å²) in [5.41, 5.74) is 0. The van der Waals surface area contributed by atoms with Gasteiger partial charge in [0.25, 0.3) is 0 Å². The summed E-state index contributed by atoms with van der Waals surface area (Å²) in [5.74, 6) is 2.07. The van der Waals surface area contributed by atoms with E-state index in [2.05, 4.69) is 21.4 Å². The first-order valence-corrected chi connectivity index (χ1v) is 6.73. The van der Waals surface area contributed by atoms with Gasteiger partial charge in [-0.15, -0.1) is 6.58 Å². The largest absolute Gasteiger partial charge is 0.481 e. The van der Waals surface area contributed by atoms with Crippen LogP contribution in [0.25, 0.3) is 0 Å². The van der Waals surface area contributed by atoms with Crippen molar-refractivity contribution in [1.82, 2.24) is 14.9 Å². The molecule has 0 spiro atoms. The molecule has 2 aliphatic rings. The molecule has 3 heterocycles. The van der Waals surface area contributed by atoms with Crippen LogP contribution in [0.4, 0.5) is 5.82 Å². The average molecular weight is 274 g/mol. The topological polar surface area (TPSA) is 58.6 Å². The molecule has 0 aromatic carbocycles. The lowest BCUT2D eigenvalue weighted by Gasteiger charge is -2.21. The van der Waals surface area contributed by atoms with Crippen molar-refractivity contribution in [3.8, 4) is 5.88 Å². The summed E-state index contributed by atoms with van der Waals surface area (Å²) in [6.07, 6.45) is 3.28. The highest BCUT2D eigenvalue weighted by molar-refractivity contribution is 5.83. The third kappa shape index (κ3) is 2.11. The lowest BCUT2D eigenvalue weighted by atomic mass is 10.0. The summed E-state index contributed by atoms with van der Waals surface area (Å²) in [7, 11) is 1.58. The van der Waals surface area contributed by atoms with Crippen molar-refractivity contribution in [3.63, 3.8) is 0 Å². The Balaban J connectivity index is 1.72. The Hall–Kier alpha value is -2.11. The van der Waals surface area contributed by atoms with Gasteiger partial charge in [0, 0.05) is 38.2 Å². The second-order valence-electron chi connectivity index (χ2n) is 5.22. The lowest BCUT2D eigenvalue weighted by molar-refractivity contribution is -0.130. The number of nitrogens with zero attached hydrogens (tertiary/aromatic N) is 4. The Labute approximate surface area is 118 Å². The molecule has 6 heteroatoms. The number of carbonyl (C=O) groups excluding carboxylic acids is 1. The van der Waals surface area contributed by atoms with E-state index in [0.717, 1.165) is 25.5 Å². The van der Waals surface area contributed by atoms with Gasteiger partial charge in [0.1, 0.15) is 12.1 Å². The Morgan fingerprint density at radius 3 is 3.00 bits per heavy atom. The summed E-state index contributed by atoms with van der Waals surface area (Å²) in [5, 5.41) is 0. The number of hydrogen-bond acceptors (Lipinski definition) is 5. The maximum Gasteiger partial charge on any atom is 0.228 e. The second-order valence-corrected chi connectivity index (χ2v) is 5.22. The highest BCUT2D eigenvalue weighted by Crippen LogP contribution is 2.34. The van der Waals surface area contributed by atoms with Gasteiger partial charge in [0.2, 0.25) is 11.8 Å². The van der Waals surface area contributed by atoms with Gasteiger partial charge < -0.3 is 14.5 Å². The van der Waals surface area contributed by atoms with Crippen molar-refractivity contribution < 1.29 is 9.53 Å². The van der Waals surface area contributed by atoms with E-state index in [1.54, 1.807) is 13.2 Å². The number of ether oxygens (including phenoxy) is 1. The zero-order valence-electron chi connectivity index (χ0n) is 11.5. The van der Waals surface area contributed by atoms with Crippen LogP contribution in [-0.4, -0.2) is 54.1 Å². The second kappa shape index (κ2) is 5.11. The normalized spacial score (nSPS) is 24.9. The van der Waals surface area contributed by atoms with Gasteiger partial charge in [0.05, 0.1) is 13.0 Å². The van der Waals surface area contributed by atoms with E-state index in [9.17, 15) is 4.79 Å². The van der Waals surface area contributed by atoms with Crippen LogP contribution in [0.3, 0.4) is 0 Å². The molecule has 2 aliphatic heterocycles. The molecule has 20 heavy (non-hydrogen) atoms. The minimum Gasteiger partial charge on any atom is -0.481 e. The quantitative estimate of drug-likeness (QED) is 0.751. The Morgan fingerprint density at radius 2 is 2.30 bits per heavy atom. The summed E-state index contributed by atoms with van der Waals surface area (Å²) in [6.45, 7) is 6.73. The zero-order chi connectivity index (χ0) is 14.1. The number of methoxy groups -OCH3 is 1. The SMILES string of the molecule is C=CCN1C[C@H]2CN(c3cc(OC)ncn3)C[C@H]2C1=O. The number of likely N-dealkylation sites (tertiary alicyclic amines) is 1. The lowest BCUT2D eigenvalue weighted by Crippen LogP contribution is -2.33. The van der Waals surface area contributed by atoms with Crippen molar-refractivity contribution in [2.75, 3.05) is 38.2 Å². The van der Waals surface area contributed by atoms with Crippen LogP contribution in [0.2, 0.25) is 0 Å². The molecular formula is C14H18N4O2. The molecule has 2 saturated heterocycles. The van der Waals surface area contributed by atoms with Crippen LogP contribution in [0.5, 0.6) is 5.88 Å². The van der Waals surface area contributed by atoms with Gasteiger partial charge >= 0.3 is 0 Å². The smallest absolute Gasteiger partial charge is 0.228 e. The molecule has 2 atom stereocenters. The maximum atomic E-state index is 12.3. The van der Waals surface area contributed by atoms with E-state index in [4.69, 9.17) is 4.74 Å². The first-order valence-electron chi connectivity index (χ1n) is 6.73. The molecular weight excluding hydrogens is 256 g/mol. The van der Waals surface area contributed by atoms with Crippen LogP contribution in [-0.2, 0) is 4.79 Å². The number of amides is 1. The van der Waals surface area contributed by atoms with Crippen molar-refractivity contribution in [3.05, 3.63) is 25.0 Å². The van der Waals surface area contributed by atoms with E-state index in [1.165, 1.54) is 6.33 Å². The third-order valence-electron chi connectivity index (χ3n) is 4.03. The number of rotatable bonds is 4. The first kappa shape index (κ1) is 12.9. The fourth-order valence-electron chi connectivity index (χ4n) is 3.07. The Bertz CT molecular complexity index is 534. The van der Waals surface area contributed by atoms with Crippen LogP contribution in [0.1, 0.15) is 0 Å². The van der Waals surface area contributed by atoms with Gasteiger partial charge in [-0.05, 0) is 0 Å². The van der Waals surface area contributed by atoms with E-state index in [1.807, 2.05) is 11.0 Å². The molecule has 106 valence electrons. The summed E-state index contributed by atoms with van der Waals surface area (Å²) >= 11 is 0. The molecule has 3 rings (SSSR count). The van der Waals surface area contributed by atoms with Crippen molar-refractivity contribution in [2.45, 2.75) is 0 Å². The van der Waals surface area contributed by atoms with E-state index in [-0.39, 0.29) is 11.8 Å². The summed E-state index contributed by atoms with van der Waals surface area (Å²) < 4.78 is 5.11. The fourth-order valence-corrected chi connectivity index (χ4v) is 3.07. The first-order chi connectivity index (χ1) is 9.72. The van der Waals surface area contributed by atoms with Crippen molar-refractivity contribution in [2.24, 2.45) is 11.8 Å². The van der Waals surface area contributed by atoms with Crippen LogP contribution >= 0.6 is 0 Å². The van der Waals surface area contributed by atoms with E-state index in [0.29, 0.717) is 18.3 Å². The van der Waals surface area contributed by atoms with Crippen LogP contribution in [0, 0.1) is 11.8 Å². The molecule has 0 radical (unpaired) electrons. The Kier molecular flexibility index (Phi) is 3.30. The highest BCUT2D eigenvalue weighted by Gasteiger charge is 2.46. The minimum atomic E-state index is 0.0795. The molecule has 1 amide bonds. The van der Waals surface area contributed by atoms with Gasteiger partial charge in [-0.3, -0.25) is 4.79 Å². The number of fused-ring (bicyclic) bond motifs is 1. The van der Waals surface area contributed by atoms with Gasteiger partial charge in [0.15, 0.2) is 0 Å². The molecule has 1 aromatic rings. The molecule has 0 saturated carbocycles. The molecule has 0 N–H and O–H groups in total. The number of carbonyl (C=O) groups is 1. The number of aromatic nitrogens is 2. The fraction of sp³-hybridized carbons (Fsp3) is 0.500. The van der Waals surface area contributed by atoms with E-state index < -0.39 is 0 Å². The van der Waals surface area contributed by atoms with Crippen LogP contribution < -0.4 is 9.64 Å². The minimum absolute atomic E-state index is 0.0795. The van der Waals surface area contributed by atoms with Gasteiger partial charge in [-0.1, -0.05) is 6.08 Å². The molecule has 0 unspecified atom stereocenters. The predicted molar refractivity (Wildman–Crippen MR) is 74.6 cm³/mol. The van der Waals surface area contributed by atoms with Crippen LogP contribution in [0.15, 0.2) is 25.0 Å². The maximum absolute atomic E-state index is 12.3. The highest BCUT2D eigenvalue weighted by atomic mass is 16.5. The van der Waals surface area contributed by atoms with Gasteiger partial charge in [-0.2, -0.15) is 0 Å². The molecule has 6 nitrogen and oxygen atoms in total. The Morgan fingerprint density at radius 1 is 1.45 bits per heavy atom. The molecule has 0 bridgehead atoms. The standard InChI is InChI=1S/C14H18N4O2/c1-3-4-17-6-10-7-18(8-11(10)14(17)19)12-5-13(20-2)16-9-15-12/h3,5,9-11H,1,4,6-8H2,2H3/t10-,11+/m0/s1.